The maximum absolute atomic E-state index is 13.3. The molecule has 0 aliphatic carbocycles. The molecular weight excluding hydrogens is 298 g/mol. The molecule has 0 aliphatic rings. The summed E-state index contributed by atoms with van der Waals surface area (Å²) >= 11 is 1.89. The summed E-state index contributed by atoms with van der Waals surface area (Å²) in [5.74, 6) is -0.133. The van der Waals surface area contributed by atoms with Gasteiger partial charge in [0.1, 0.15) is 5.82 Å². The summed E-state index contributed by atoms with van der Waals surface area (Å²) in [6, 6.07) is 4.76. The molecule has 1 aromatic heterocycles. The highest BCUT2D eigenvalue weighted by Gasteiger charge is 2.11. The number of aryl methyl sites for hydroxylation is 1. The van der Waals surface area contributed by atoms with Crippen LogP contribution in [-0.4, -0.2) is 10.2 Å². The van der Waals surface area contributed by atoms with Gasteiger partial charge in [-0.3, -0.25) is 0 Å². The van der Waals surface area contributed by atoms with E-state index in [9.17, 15) is 4.39 Å². The summed E-state index contributed by atoms with van der Waals surface area (Å²) in [6.45, 7) is 1.88. The third kappa shape index (κ3) is 1.77. The first-order chi connectivity index (χ1) is 6.66. The van der Waals surface area contributed by atoms with E-state index in [0.29, 0.717) is 9.46 Å². The molecule has 0 bridgehead atoms. The molecule has 1 aromatic carbocycles. The quantitative estimate of drug-likeness (QED) is 0.761. The van der Waals surface area contributed by atoms with E-state index in [2.05, 4.69) is 10.2 Å². The summed E-state index contributed by atoms with van der Waals surface area (Å²) < 4.78 is 18.9. The number of benzene rings is 1. The van der Waals surface area contributed by atoms with Crippen LogP contribution in [0.5, 0.6) is 0 Å². The maximum Gasteiger partial charge on any atom is 0.278 e. The van der Waals surface area contributed by atoms with Gasteiger partial charge < -0.3 is 4.42 Å². The van der Waals surface area contributed by atoms with E-state index in [1.807, 2.05) is 29.5 Å². The van der Waals surface area contributed by atoms with Crippen LogP contribution in [0.15, 0.2) is 22.6 Å². The van der Waals surface area contributed by atoms with Gasteiger partial charge in [0.25, 0.3) is 9.79 Å². The van der Waals surface area contributed by atoms with Crippen molar-refractivity contribution in [2.45, 2.75) is 6.92 Å². The van der Waals surface area contributed by atoms with Crippen molar-refractivity contribution >= 4 is 22.6 Å². The van der Waals surface area contributed by atoms with Crippen molar-refractivity contribution in [2.75, 3.05) is 0 Å². The first-order valence-electron chi connectivity index (χ1n) is 3.92. The standard InChI is InChI=1S/C9H6FIN2O/c1-5-2-3-7(10)6(4-5)8-12-13-9(11)14-8/h2-4H,1H3. The van der Waals surface area contributed by atoms with Crippen LogP contribution < -0.4 is 0 Å². The number of halogens is 2. The van der Waals surface area contributed by atoms with E-state index in [1.54, 1.807) is 12.1 Å². The summed E-state index contributed by atoms with van der Waals surface area (Å²) in [5, 5.41) is 7.39. The van der Waals surface area contributed by atoms with Gasteiger partial charge in [-0.1, -0.05) is 11.6 Å². The third-order valence-electron chi connectivity index (χ3n) is 1.75. The van der Waals surface area contributed by atoms with Crippen LogP contribution >= 0.6 is 22.6 Å². The van der Waals surface area contributed by atoms with Gasteiger partial charge >= 0.3 is 0 Å². The summed E-state index contributed by atoms with van der Waals surface area (Å²) in [6.07, 6.45) is 0. The predicted molar refractivity (Wildman–Crippen MR) is 57.1 cm³/mol. The van der Waals surface area contributed by atoms with Crippen LogP contribution in [-0.2, 0) is 0 Å². The zero-order valence-electron chi connectivity index (χ0n) is 7.29. The minimum atomic E-state index is -0.351. The number of aromatic nitrogens is 2. The van der Waals surface area contributed by atoms with E-state index < -0.39 is 0 Å². The lowest BCUT2D eigenvalue weighted by Crippen LogP contribution is -1.85. The zero-order valence-corrected chi connectivity index (χ0v) is 9.45. The summed E-state index contributed by atoms with van der Waals surface area (Å²) in [4.78, 5) is 0. The second-order valence-electron chi connectivity index (χ2n) is 2.84. The Morgan fingerprint density at radius 3 is 2.79 bits per heavy atom. The van der Waals surface area contributed by atoms with E-state index in [0.717, 1.165) is 5.56 Å². The third-order valence-corrected chi connectivity index (χ3v) is 2.19. The number of nitrogens with zero attached hydrogens (tertiary/aromatic N) is 2. The molecule has 2 rings (SSSR count). The Bertz CT molecular complexity index is 470. The molecule has 0 unspecified atom stereocenters. The summed E-state index contributed by atoms with van der Waals surface area (Å²) in [7, 11) is 0. The van der Waals surface area contributed by atoms with Crippen LogP contribution in [0, 0.1) is 16.6 Å². The van der Waals surface area contributed by atoms with E-state index >= 15 is 0 Å². The first-order valence-corrected chi connectivity index (χ1v) is 5.00. The lowest BCUT2D eigenvalue weighted by Gasteiger charge is -1.98. The minimum absolute atomic E-state index is 0.218. The molecule has 0 radical (unpaired) electrons. The van der Waals surface area contributed by atoms with Crippen molar-refractivity contribution in [1.29, 1.82) is 0 Å². The van der Waals surface area contributed by atoms with Gasteiger partial charge in [0.15, 0.2) is 0 Å². The molecule has 0 N–H and O–H groups in total. The summed E-state index contributed by atoms with van der Waals surface area (Å²) in [5.41, 5.74) is 1.30. The number of hydrogen-bond acceptors (Lipinski definition) is 3. The molecule has 3 nitrogen and oxygen atoms in total. The van der Waals surface area contributed by atoms with E-state index in [1.165, 1.54) is 6.07 Å². The van der Waals surface area contributed by atoms with Crippen LogP contribution in [0.4, 0.5) is 4.39 Å². The van der Waals surface area contributed by atoms with Crippen molar-refractivity contribution in [3.8, 4) is 11.5 Å². The molecule has 0 amide bonds. The maximum atomic E-state index is 13.3. The lowest BCUT2D eigenvalue weighted by atomic mass is 10.1. The highest BCUT2D eigenvalue weighted by atomic mass is 127. The zero-order chi connectivity index (χ0) is 10.1. The molecule has 5 heteroatoms. The highest BCUT2D eigenvalue weighted by Crippen LogP contribution is 2.22. The molecule has 0 saturated heterocycles. The molecule has 0 aliphatic heterocycles. The van der Waals surface area contributed by atoms with Gasteiger partial charge in [0.2, 0.25) is 0 Å². The number of hydrogen-bond donors (Lipinski definition) is 0. The van der Waals surface area contributed by atoms with Gasteiger partial charge in [-0.25, -0.2) is 4.39 Å². The van der Waals surface area contributed by atoms with Gasteiger partial charge in [0, 0.05) is 22.6 Å². The SMILES string of the molecule is Cc1ccc(F)c(-c2nnc(I)o2)c1. The molecule has 2 aromatic rings. The van der Waals surface area contributed by atoms with Gasteiger partial charge in [-0.05, 0) is 19.1 Å². The molecule has 0 spiro atoms. The van der Waals surface area contributed by atoms with Gasteiger partial charge in [-0.2, -0.15) is 0 Å². The smallest absolute Gasteiger partial charge is 0.278 e. The average molecular weight is 304 g/mol. The Morgan fingerprint density at radius 1 is 1.36 bits per heavy atom. The van der Waals surface area contributed by atoms with Gasteiger partial charge in [-0.15, -0.1) is 10.2 Å². The van der Waals surface area contributed by atoms with Crippen LogP contribution in [0.1, 0.15) is 5.56 Å². The Morgan fingerprint density at radius 2 is 2.14 bits per heavy atom. The van der Waals surface area contributed by atoms with E-state index in [-0.39, 0.29) is 11.7 Å². The van der Waals surface area contributed by atoms with Crippen LogP contribution in [0.25, 0.3) is 11.5 Å². The Labute approximate surface area is 93.5 Å². The minimum Gasteiger partial charge on any atom is -0.412 e. The highest BCUT2D eigenvalue weighted by molar-refractivity contribution is 14.1. The second kappa shape index (κ2) is 3.64. The van der Waals surface area contributed by atoms with E-state index in [4.69, 9.17) is 4.42 Å². The average Bonchev–Trinajstić information content (AvgIpc) is 2.56. The first kappa shape index (κ1) is 9.57. The molecule has 72 valence electrons. The molecule has 0 fully saturated rings. The lowest BCUT2D eigenvalue weighted by molar-refractivity contribution is 0.530. The molecule has 0 saturated carbocycles. The largest absolute Gasteiger partial charge is 0.412 e. The van der Waals surface area contributed by atoms with Crippen LogP contribution in [0.2, 0.25) is 0 Å². The Balaban J connectivity index is 2.55. The second-order valence-corrected chi connectivity index (χ2v) is 3.77. The molecule has 14 heavy (non-hydrogen) atoms. The predicted octanol–water partition coefficient (Wildman–Crippen LogP) is 2.79. The van der Waals surface area contributed by atoms with Crippen molar-refractivity contribution in [3.63, 3.8) is 0 Å². The fourth-order valence-corrected chi connectivity index (χ4v) is 1.43. The van der Waals surface area contributed by atoms with Gasteiger partial charge in [0.05, 0.1) is 5.56 Å². The van der Waals surface area contributed by atoms with Crippen molar-refractivity contribution in [3.05, 3.63) is 33.5 Å². The van der Waals surface area contributed by atoms with Crippen molar-refractivity contribution in [1.82, 2.24) is 10.2 Å². The Hall–Kier alpha value is -0.980. The molecule has 0 atom stereocenters. The normalized spacial score (nSPS) is 10.5. The van der Waals surface area contributed by atoms with Crippen LogP contribution in [0.3, 0.4) is 0 Å². The molecule has 1 heterocycles. The number of rotatable bonds is 1. The fourth-order valence-electron chi connectivity index (χ4n) is 1.12. The monoisotopic (exact) mass is 304 g/mol. The topological polar surface area (TPSA) is 38.9 Å². The molecular formula is C9H6FIN2O. The van der Waals surface area contributed by atoms with Crippen molar-refractivity contribution in [2.24, 2.45) is 0 Å². The fraction of sp³-hybridized carbons (Fsp3) is 0.111. The van der Waals surface area contributed by atoms with Crippen molar-refractivity contribution < 1.29 is 8.81 Å². The Kier molecular flexibility index (Phi) is 2.49.